The topological polar surface area (TPSA) is 118 Å². The first kappa shape index (κ1) is 22.0. The first-order chi connectivity index (χ1) is 13.5. The number of anilines is 1. The van der Waals surface area contributed by atoms with Gasteiger partial charge in [0.2, 0.25) is 15.9 Å². The van der Waals surface area contributed by atoms with Gasteiger partial charge in [-0.2, -0.15) is 0 Å². The van der Waals surface area contributed by atoms with Crippen LogP contribution in [0.15, 0.2) is 28.0 Å². The monoisotopic (exact) mass is 443 g/mol. The molecular formula is C19H29N3O5S2. The third-order valence-electron chi connectivity index (χ3n) is 5.81. The maximum absolute atomic E-state index is 12.9. The number of sulfone groups is 1. The van der Waals surface area contributed by atoms with Crippen LogP contribution in [0.3, 0.4) is 0 Å². The average molecular weight is 444 g/mol. The van der Waals surface area contributed by atoms with E-state index in [0.29, 0.717) is 37.5 Å². The van der Waals surface area contributed by atoms with Crippen molar-refractivity contribution in [2.24, 2.45) is 17.0 Å². The second-order valence-corrected chi connectivity index (χ2v) is 11.8. The highest BCUT2D eigenvalue weighted by Gasteiger charge is 2.32. The maximum atomic E-state index is 12.9. The van der Waals surface area contributed by atoms with Gasteiger partial charge in [0.25, 0.3) is 0 Å². The van der Waals surface area contributed by atoms with Crippen LogP contribution in [0.4, 0.5) is 5.69 Å². The van der Waals surface area contributed by atoms with Crippen LogP contribution in [0.2, 0.25) is 0 Å². The van der Waals surface area contributed by atoms with E-state index >= 15 is 0 Å². The van der Waals surface area contributed by atoms with Crippen molar-refractivity contribution in [3.63, 3.8) is 0 Å². The van der Waals surface area contributed by atoms with Gasteiger partial charge in [-0.15, -0.1) is 0 Å². The highest BCUT2D eigenvalue weighted by atomic mass is 32.2. The Kier molecular flexibility index (Phi) is 6.26. The number of sulfonamides is 1. The molecule has 0 bridgehead atoms. The van der Waals surface area contributed by atoms with Gasteiger partial charge in [-0.3, -0.25) is 4.79 Å². The number of benzene rings is 1. The number of carbonyl (C=O) groups is 1. The molecule has 2 saturated heterocycles. The molecule has 0 aromatic heterocycles. The Morgan fingerprint density at radius 2 is 1.72 bits per heavy atom. The summed E-state index contributed by atoms with van der Waals surface area (Å²) in [4.78, 5) is 16.4. The lowest BCUT2D eigenvalue weighted by molar-refractivity contribution is -0.137. The molecule has 2 fully saturated rings. The van der Waals surface area contributed by atoms with Gasteiger partial charge in [0, 0.05) is 38.4 Å². The first-order valence-corrected chi connectivity index (χ1v) is 13.3. The van der Waals surface area contributed by atoms with Gasteiger partial charge in [-0.25, -0.2) is 22.0 Å². The molecular weight excluding hydrogens is 414 g/mol. The third kappa shape index (κ3) is 5.10. The van der Waals surface area contributed by atoms with E-state index in [4.69, 9.17) is 5.14 Å². The zero-order valence-electron chi connectivity index (χ0n) is 16.9. The molecule has 162 valence electrons. The molecule has 1 atom stereocenters. The molecule has 0 saturated carbocycles. The van der Waals surface area contributed by atoms with Gasteiger partial charge in [0.1, 0.15) is 0 Å². The van der Waals surface area contributed by atoms with Crippen molar-refractivity contribution in [2.75, 3.05) is 37.3 Å². The third-order valence-corrected chi connectivity index (χ3v) is 7.85. The van der Waals surface area contributed by atoms with Gasteiger partial charge in [-0.1, -0.05) is 6.92 Å². The fourth-order valence-electron chi connectivity index (χ4n) is 4.24. The molecule has 2 heterocycles. The minimum absolute atomic E-state index is 0.0538. The summed E-state index contributed by atoms with van der Waals surface area (Å²) in [5.41, 5.74) is 0.456. The zero-order valence-corrected chi connectivity index (χ0v) is 18.5. The summed E-state index contributed by atoms with van der Waals surface area (Å²) in [6.07, 6.45) is 4.53. The predicted molar refractivity (Wildman–Crippen MR) is 111 cm³/mol. The summed E-state index contributed by atoms with van der Waals surface area (Å²) in [5.74, 6) is 0.675. The average Bonchev–Trinajstić information content (AvgIpc) is 2.66. The van der Waals surface area contributed by atoms with Gasteiger partial charge in [0.15, 0.2) is 9.84 Å². The number of rotatable bonds is 4. The number of hydrogen-bond acceptors (Lipinski definition) is 6. The largest absolute Gasteiger partial charge is 0.370 e. The SMILES string of the molecule is CC1CCCN(C(=O)C2CCN(c3ccc(S(N)(=O)=O)cc3S(C)(=O)=O)CC2)C1. The lowest BCUT2D eigenvalue weighted by atomic mass is 9.92. The fraction of sp³-hybridized carbons (Fsp3) is 0.632. The van der Waals surface area contributed by atoms with Crippen LogP contribution in [0.5, 0.6) is 0 Å². The second-order valence-electron chi connectivity index (χ2n) is 8.24. The molecule has 29 heavy (non-hydrogen) atoms. The van der Waals surface area contributed by atoms with Crippen LogP contribution in [-0.2, 0) is 24.7 Å². The molecule has 2 aliphatic rings. The quantitative estimate of drug-likeness (QED) is 0.747. The van der Waals surface area contributed by atoms with Gasteiger partial charge in [-0.05, 0) is 49.8 Å². The number of nitrogens with two attached hydrogens (primary N) is 1. The number of nitrogens with zero attached hydrogens (tertiary/aromatic N) is 2. The van der Waals surface area contributed by atoms with E-state index in [2.05, 4.69) is 6.92 Å². The molecule has 1 unspecified atom stereocenters. The predicted octanol–water partition coefficient (Wildman–Crippen LogP) is 1.21. The Balaban J connectivity index is 1.76. The summed E-state index contributed by atoms with van der Waals surface area (Å²) in [6, 6.07) is 3.93. The smallest absolute Gasteiger partial charge is 0.238 e. The standard InChI is InChI=1S/C19H29N3O5S2/c1-14-4-3-9-22(13-14)19(23)15-7-10-21(11-8-15)17-6-5-16(29(20,26)27)12-18(17)28(2,24)25/h5-6,12,14-15H,3-4,7-11,13H2,1-2H3,(H2,20,26,27). The highest BCUT2D eigenvalue weighted by Crippen LogP contribution is 2.32. The first-order valence-electron chi connectivity index (χ1n) is 9.87. The van der Waals surface area contributed by atoms with Crippen LogP contribution >= 0.6 is 0 Å². The minimum atomic E-state index is -4.00. The zero-order chi connectivity index (χ0) is 21.4. The van der Waals surface area contributed by atoms with Crippen molar-refractivity contribution in [1.29, 1.82) is 0 Å². The van der Waals surface area contributed by atoms with Crippen molar-refractivity contribution < 1.29 is 21.6 Å². The van der Waals surface area contributed by atoms with Crippen molar-refractivity contribution in [1.82, 2.24) is 4.90 Å². The Morgan fingerprint density at radius 3 is 2.28 bits per heavy atom. The van der Waals surface area contributed by atoms with Gasteiger partial charge >= 0.3 is 0 Å². The Labute approximate surface area is 173 Å². The van der Waals surface area contributed by atoms with Crippen LogP contribution in [0.25, 0.3) is 0 Å². The molecule has 8 nitrogen and oxygen atoms in total. The fourth-order valence-corrected chi connectivity index (χ4v) is 5.78. The molecule has 0 radical (unpaired) electrons. The second kappa shape index (κ2) is 8.23. The number of piperidine rings is 2. The van der Waals surface area contributed by atoms with Crippen LogP contribution < -0.4 is 10.0 Å². The van der Waals surface area contributed by atoms with Crippen molar-refractivity contribution in [2.45, 2.75) is 42.4 Å². The van der Waals surface area contributed by atoms with E-state index in [0.717, 1.165) is 38.3 Å². The highest BCUT2D eigenvalue weighted by molar-refractivity contribution is 7.91. The molecule has 1 amide bonds. The van der Waals surface area contributed by atoms with Crippen molar-refractivity contribution in [3.05, 3.63) is 18.2 Å². The molecule has 0 spiro atoms. The number of hydrogen-bond donors (Lipinski definition) is 1. The van der Waals surface area contributed by atoms with Crippen LogP contribution in [0.1, 0.15) is 32.6 Å². The normalized spacial score (nSPS) is 22.0. The maximum Gasteiger partial charge on any atom is 0.238 e. The molecule has 1 aromatic rings. The number of carbonyl (C=O) groups excluding carboxylic acids is 1. The molecule has 2 aliphatic heterocycles. The Hall–Kier alpha value is -1.65. The van der Waals surface area contributed by atoms with Crippen LogP contribution in [-0.4, -0.2) is 60.1 Å². The lowest BCUT2D eigenvalue weighted by Gasteiger charge is -2.38. The van der Waals surface area contributed by atoms with E-state index in [1.165, 1.54) is 12.1 Å². The number of amides is 1. The van der Waals surface area contributed by atoms with Gasteiger partial charge in [0.05, 0.1) is 15.5 Å². The molecule has 0 aliphatic carbocycles. The summed E-state index contributed by atoms with van der Waals surface area (Å²) >= 11 is 0. The summed E-state index contributed by atoms with van der Waals surface area (Å²) in [7, 11) is -7.66. The van der Waals surface area contributed by atoms with E-state index < -0.39 is 19.9 Å². The Bertz CT molecular complexity index is 983. The van der Waals surface area contributed by atoms with E-state index in [-0.39, 0.29) is 21.6 Å². The number of primary sulfonamides is 1. The summed E-state index contributed by atoms with van der Waals surface area (Å²) < 4.78 is 47.8. The molecule has 10 heteroatoms. The van der Waals surface area contributed by atoms with Gasteiger partial charge < -0.3 is 9.80 Å². The Morgan fingerprint density at radius 1 is 1.07 bits per heavy atom. The van der Waals surface area contributed by atoms with Crippen molar-refractivity contribution >= 4 is 31.5 Å². The minimum Gasteiger partial charge on any atom is -0.370 e. The van der Waals surface area contributed by atoms with Crippen molar-refractivity contribution in [3.8, 4) is 0 Å². The van der Waals surface area contributed by atoms with E-state index in [1.807, 2.05) is 9.80 Å². The lowest BCUT2D eigenvalue weighted by Crippen LogP contribution is -2.46. The summed E-state index contributed by atoms with van der Waals surface area (Å²) in [5, 5.41) is 5.15. The summed E-state index contributed by atoms with van der Waals surface area (Å²) in [6.45, 7) is 4.87. The van der Waals surface area contributed by atoms with E-state index in [9.17, 15) is 21.6 Å². The molecule has 2 N–H and O–H groups in total. The molecule has 1 aromatic carbocycles. The van der Waals surface area contributed by atoms with Crippen LogP contribution in [0, 0.1) is 11.8 Å². The number of likely N-dealkylation sites (tertiary alicyclic amines) is 1. The molecule has 3 rings (SSSR count). The van der Waals surface area contributed by atoms with E-state index in [1.54, 1.807) is 0 Å².